The van der Waals surface area contributed by atoms with Crippen molar-refractivity contribution in [3.8, 4) is 0 Å². The molecule has 2 saturated heterocycles. The number of aliphatic hydroxyl groups excluding tert-OH is 1. The molecular formula is C13H13F3O6S. The predicted octanol–water partition coefficient (Wildman–Crippen LogP) is 0.950. The van der Waals surface area contributed by atoms with Crippen LogP contribution < -0.4 is 0 Å². The van der Waals surface area contributed by atoms with Crippen molar-refractivity contribution in [2.45, 2.75) is 35.5 Å². The van der Waals surface area contributed by atoms with Gasteiger partial charge in [-0.2, -0.15) is 13.2 Å². The van der Waals surface area contributed by atoms with Crippen LogP contribution in [0, 0.1) is 0 Å². The van der Waals surface area contributed by atoms with Gasteiger partial charge >= 0.3 is 5.51 Å². The van der Waals surface area contributed by atoms with Crippen LogP contribution in [0.4, 0.5) is 13.2 Å². The molecule has 128 valence electrons. The molecule has 10 heteroatoms. The van der Waals surface area contributed by atoms with Crippen molar-refractivity contribution in [3.05, 3.63) is 35.9 Å². The zero-order valence-electron chi connectivity index (χ0n) is 11.6. The molecule has 3 rings (SSSR count). The highest BCUT2D eigenvalue weighted by Gasteiger charge is 2.74. The van der Waals surface area contributed by atoms with Crippen LogP contribution in [-0.4, -0.2) is 49.1 Å². The number of hydrogen-bond acceptors (Lipinski definition) is 6. The van der Waals surface area contributed by atoms with Crippen LogP contribution >= 0.6 is 0 Å². The largest absolute Gasteiger partial charge is 0.500 e. The second-order valence-corrected chi connectivity index (χ2v) is 7.42. The van der Waals surface area contributed by atoms with Crippen LogP contribution in [0.15, 0.2) is 30.3 Å². The fourth-order valence-electron chi connectivity index (χ4n) is 2.48. The van der Waals surface area contributed by atoms with Gasteiger partial charge in [0.05, 0.1) is 13.2 Å². The maximum atomic E-state index is 13.0. The number of fused-ring (bicyclic) bond motifs is 1. The van der Waals surface area contributed by atoms with Crippen LogP contribution in [-0.2, 0) is 30.7 Å². The van der Waals surface area contributed by atoms with E-state index in [1.165, 1.54) is 0 Å². The van der Waals surface area contributed by atoms with Crippen molar-refractivity contribution >= 4 is 9.84 Å². The summed E-state index contributed by atoms with van der Waals surface area (Å²) in [5.41, 5.74) is -5.04. The molecule has 0 unspecified atom stereocenters. The zero-order chi connectivity index (χ0) is 16.9. The molecule has 2 aliphatic rings. The highest BCUT2D eigenvalue weighted by atomic mass is 32.2. The number of hydrogen-bond donors (Lipinski definition) is 1. The summed E-state index contributed by atoms with van der Waals surface area (Å²) in [4.78, 5) is -2.73. The minimum Gasteiger partial charge on any atom is -0.366 e. The van der Waals surface area contributed by atoms with Crippen molar-refractivity contribution in [1.29, 1.82) is 0 Å². The van der Waals surface area contributed by atoms with E-state index >= 15 is 0 Å². The molecule has 23 heavy (non-hydrogen) atoms. The molecule has 6 nitrogen and oxygen atoms in total. The first kappa shape index (κ1) is 16.7. The smallest absolute Gasteiger partial charge is 0.366 e. The standard InChI is InChI=1S/C13H13F3O6S/c14-13(15,16)23(18,19)12(7-20-11(17)9-10(12)22-9)21-6-8-4-2-1-3-5-8/h1-5,9-11,17H,6-7H2/t9-,10+,11-,12+/m0/s1. The Kier molecular flexibility index (Phi) is 3.92. The number of ether oxygens (including phenoxy) is 3. The van der Waals surface area contributed by atoms with Crippen molar-refractivity contribution in [2.75, 3.05) is 6.61 Å². The van der Waals surface area contributed by atoms with Gasteiger partial charge in [0, 0.05) is 0 Å². The summed E-state index contributed by atoms with van der Waals surface area (Å²) in [5, 5.41) is 9.43. The van der Waals surface area contributed by atoms with Gasteiger partial charge < -0.3 is 19.3 Å². The van der Waals surface area contributed by atoms with Gasteiger partial charge in [0.15, 0.2) is 6.29 Å². The monoisotopic (exact) mass is 354 g/mol. The topological polar surface area (TPSA) is 85.4 Å². The van der Waals surface area contributed by atoms with Crippen molar-refractivity contribution in [1.82, 2.24) is 0 Å². The van der Waals surface area contributed by atoms with Gasteiger partial charge in [0.25, 0.3) is 9.84 Å². The van der Waals surface area contributed by atoms with Crippen molar-refractivity contribution in [3.63, 3.8) is 0 Å². The average molecular weight is 354 g/mol. The molecule has 1 aromatic rings. The Morgan fingerprint density at radius 2 is 1.96 bits per heavy atom. The molecule has 2 heterocycles. The number of halogens is 3. The third-order valence-corrected chi connectivity index (χ3v) is 5.77. The third kappa shape index (κ3) is 2.64. The van der Waals surface area contributed by atoms with Gasteiger partial charge in [-0.15, -0.1) is 0 Å². The van der Waals surface area contributed by atoms with E-state index in [1.807, 2.05) is 0 Å². The molecular weight excluding hydrogens is 341 g/mol. The van der Waals surface area contributed by atoms with Gasteiger partial charge in [-0.3, -0.25) is 0 Å². The minimum atomic E-state index is -5.75. The summed E-state index contributed by atoms with van der Waals surface area (Å²) in [5.74, 6) is 0. The third-order valence-electron chi connectivity index (χ3n) is 3.78. The SMILES string of the molecule is O=S(=O)(C(F)(F)F)[C@]1(OCc2ccccc2)CO[C@H](O)[C@H]2O[C@H]21. The van der Waals surface area contributed by atoms with Gasteiger partial charge in [-0.1, -0.05) is 30.3 Å². The first-order chi connectivity index (χ1) is 10.7. The highest BCUT2D eigenvalue weighted by Crippen LogP contribution is 2.49. The molecule has 1 N–H and O–H groups in total. The van der Waals surface area contributed by atoms with E-state index in [2.05, 4.69) is 0 Å². The summed E-state index contributed by atoms with van der Waals surface area (Å²) in [6.07, 6.45) is -4.06. The van der Waals surface area contributed by atoms with Crippen LogP contribution in [0.1, 0.15) is 5.56 Å². The van der Waals surface area contributed by atoms with Crippen LogP contribution in [0.3, 0.4) is 0 Å². The Morgan fingerprint density at radius 3 is 2.57 bits per heavy atom. The maximum Gasteiger partial charge on any atom is 0.500 e. The molecule has 0 amide bonds. The second-order valence-electron chi connectivity index (χ2n) is 5.26. The van der Waals surface area contributed by atoms with Crippen LogP contribution in [0.5, 0.6) is 0 Å². The quantitative estimate of drug-likeness (QED) is 0.811. The predicted molar refractivity (Wildman–Crippen MR) is 69.6 cm³/mol. The Labute approximate surface area is 129 Å². The molecule has 2 aliphatic heterocycles. The fourth-order valence-corrected chi connectivity index (χ4v) is 3.81. The molecule has 4 atom stereocenters. The van der Waals surface area contributed by atoms with E-state index in [1.54, 1.807) is 30.3 Å². The molecule has 0 aliphatic carbocycles. The van der Waals surface area contributed by atoms with Crippen molar-refractivity contribution in [2.24, 2.45) is 0 Å². The van der Waals surface area contributed by atoms with E-state index in [4.69, 9.17) is 14.2 Å². The van der Waals surface area contributed by atoms with Gasteiger partial charge in [-0.05, 0) is 5.56 Å². The number of rotatable bonds is 4. The number of benzene rings is 1. The normalized spacial score (nSPS) is 34.0. The molecule has 0 radical (unpaired) electrons. The number of sulfone groups is 1. The first-order valence-corrected chi connectivity index (χ1v) is 8.11. The maximum absolute atomic E-state index is 13.0. The lowest BCUT2D eigenvalue weighted by atomic mass is 10.1. The summed E-state index contributed by atoms with van der Waals surface area (Å²) >= 11 is 0. The average Bonchev–Trinajstić information content (AvgIpc) is 3.28. The molecule has 0 aromatic heterocycles. The lowest BCUT2D eigenvalue weighted by molar-refractivity contribution is -0.171. The zero-order valence-corrected chi connectivity index (χ0v) is 12.4. The van der Waals surface area contributed by atoms with Gasteiger partial charge in [0.1, 0.15) is 12.2 Å². The van der Waals surface area contributed by atoms with E-state index in [0.29, 0.717) is 5.56 Å². The Bertz CT molecular complexity index is 677. The molecule has 0 saturated carbocycles. The Balaban J connectivity index is 1.92. The van der Waals surface area contributed by atoms with Crippen LogP contribution in [0.25, 0.3) is 0 Å². The summed E-state index contributed by atoms with van der Waals surface area (Å²) in [6, 6.07) is 8.14. The van der Waals surface area contributed by atoms with E-state index in [-0.39, 0.29) is 6.61 Å². The molecule has 0 bridgehead atoms. The number of alkyl halides is 3. The number of aliphatic hydroxyl groups is 1. The van der Waals surface area contributed by atoms with Crippen LogP contribution in [0.2, 0.25) is 0 Å². The first-order valence-electron chi connectivity index (χ1n) is 6.63. The Hall–Kier alpha value is -1.20. The van der Waals surface area contributed by atoms with Crippen molar-refractivity contribution < 1.29 is 40.9 Å². The lowest BCUT2D eigenvalue weighted by Crippen LogP contribution is -2.59. The fraction of sp³-hybridized carbons (Fsp3) is 0.538. The summed E-state index contributed by atoms with van der Waals surface area (Å²) < 4.78 is 77.9. The summed E-state index contributed by atoms with van der Waals surface area (Å²) in [7, 11) is -5.75. The summed E-state index contributed by atoms with van der Waals surface area (Å²) in [6.45, 7) is -1.34. The Morgan fingerprint density at radius 1 is 1.30 bits per heavy atom. The second kappa shape index (κ2) is 5.42. The minimum absolute atomic E-state index is 0.373. The van der Waals surface area contributed by atoms with Gasteiger partial charge in [-0.25, -0.2) is 8.42 Å². The van der Waals surface area contributed by atoms with E-state index in [9.17, 15) is 26.7 Å². The lowest BCUT2D eigenvalue weighted by Gasteiger charge is -2.35. The number of epoxide rings is 1. The highest BCUT2D eigenvalue weighted by molar-refractivity contribution is 7.93. The van der Waals surface area contributed by atoms with Gasteiger partial charge in [0.2, 0.25) is 4.93 Å². The molecule has 2 fully saturated rings. The van der Waals surface area contributed by atoms with E-state index < -0.39 is 45.4 Å². The van der Waals surface area contributed by atoms with E-state index in [0.717, 1.165) is 0 Å². The molecule has 1 aromatic carbocycles. The molecule has 0 spiro atoms.